The molecule has 1 aromatic carbocycles. The molecule has 0 bridgehead atoms. The predicted octanol–water partition coefficient (Wildman–Crippen LogP) is 3.42. The summed E-state index contributed by atoms with van der Waals surface area (Å²) in [4.78, 5) is 16.1. The number of rotatable bonds is 6. The van der Waals surface area contributed by atoms with E-state index in [1.165, 1.54) is 6.39 Å². The van der Waals surface area contributed by atoms with Crippen LogP contribution in [0.5, 0.6) is 11.5 Å². The molecule has 25 heavy (non-hydrogen) atoms. The normalized spacial score (nSPS) is 17.9. The fraction of sp³-hybridized carbons (Fsp3) is 0.474. The first-order chi connectivity index (χ1) is 12.1. The molecule has 0 spiro atoms. The van der Waals surface area contributed by atoms with Crippen molar-refractivity contribution in [3.8, 4) is 11.5 Å². The van der Waals surface area contributed by atoms with Crippen LogP contribution in [0.1, 0.15) is 50.5 Å². The first-order valence-electron chi connectivity index (χ1n) is 8.73. The van der Waals surface area contributed by atoms with Gasteiger partial charge in [0.05, 0.1) is 0 Å². The number of aromatic nitrogens is 1. The third-order valence-corrected chi connectivity index (χ3v) is 4.16. The van der Waals surface area contributed by atoms with Crippen LogP contribution in [-0.2, 0) is 11.4 Å². The van der Waals surface area contributed by atoms with E-state index in [2.05, 4.69) is 24.1 Å². The maximum Gasteiger partial charge on any atom is 0.261 e. The highest BCUT2D eigenvalue weighted by molar-refractivity contribution is 5.81. The number of carbonyl (C=O) groups is 1. The highest BCUT2D eigenvalue weighted by Crippen LogP contribution is 2.23. The molecule has 1 amide bonds. The number of hydrogen-bond donors (Lipinski definition) is 1. The maximum absolute atomic E-state index is 11.9. The molecule has 3 rings (SSSR count). The summed E-state index contributed by atoms with van der Waals surface area (Å²) < 4.78 is 17.0. The zero-order valence-corrected chi connectivity index (χ0v) is 14.7. The van der Waals surface area contributed by atoms with Crippen molar-refractivity contribution in [3.63, 3.8) is 0 Å². The first-order valence-corrected chi connectivity index (χ1v) is 8.73. The molecule has 0 aliphatic carbocycles. The quantitative estimate of drug-likeness (QED) is 0.869. The lowest BCUT2D eigenvalue weighted by molar-refractivity contribution is -0.127. The van der Waals surface area contributed by atoms with Crippen LogP contribution in [0.15, 0.2) is 35.1 Å². The number of nitrogens with one attached hydrogen (secondary N) is 1. The molecule has 134 valence electrons. The predicted molar refractivity (Wildman–Crippen MR) is 92.6 cm³/mol. The van der Waals surface area contributed by atoms with Gasteiger partial charge in [0.2, 0.25) is 0 Å². The number of hydrogen-bond acceptors (Lipinski definition) is 5. The van der Waals surface area contributed by atoms with Crippen molar-refractivity contribution in [2.75, 3.05) is 6.54 Å². The van der Waals surface area contributed by atoms with Gasteiger partial charge in [-0.25, -0.2) is 4.98 Å². The molecule has 1 aromatic heterocycles. The number of benzene rings is 1. The SMILES string of the molecule is CC(C)c1ocnc1COc1ccc(O[C@@H]2CCCCNC2=O)cc1. The van der Waals surface area contributed by atoms with Crippen molar-refractivity contribution in [1.29, 1.82) is 0 Å². The number of nitrogens with zero attached hydrogens (tertiary/aromatic N) is 1. The van der Waals surface area contributed by atoms with Crippen molar-refractivity contribution >= 4 is 5.91 Å². The van der Waals surface area contributed by atoms with Crippen molar-refractivity contribution in [1.82, 2.24) is 10.3 Å². The zero-order valence-electron chi connectivity index (χ0n) is 14.7. The monoisotopic (exact) mass is 344 g/mol. The Kier molecular flexibility index (Phi) is 5.58. The second-order valence-corrected chi connectivity index (χ2v) is 6.47. The summed E-state index contributed by atoms with van der Waals surface area (Å²) in [7, 11) is 0. The van der Waals surface area contributed by atoms with Gasteiger partial charge in [0.25, 0.3) is 5.91 Å². The van der Waals surface area contributed by atoms with Crippen molar-refractivity contribution in [2.45, 2.75) is 51.7 Å². The Morgan fingerprint density at radius 3 is 2.76 bits per heavy atom. The highest BCUT2D eigenvalue weighted by Gasteiger charge is 2.22. The van der Waals surface area contributed by atoms with E-state index in [0.29, 0.717) is 12.4 Å². The summed E-state index contributed by atoms with van der Waals surface area (Å²) in [5, 5.41) is 2.87. The summed E-state index contributed by atoms with van der Waals surface area (Å²) in [6.45, 7) is 5.20. The van der Waals surface area contributed by atoms with Crippen LogP contribution in [0.2, 0.25) is 0 Å². The summed E-state index contributed by atoms with van der Waals surface area (Å²) in [6, 6.07) is 7.30. The maximum atomic E-state index is 11.9. The molecule has 2 aromatic rings. The van der Waals surface area contributed by atoms with Gasteiger partial charge in [-0.1, -0.05) is 13.8 Å². The molecule has 0 unspecified atom stereocenters. The Balaban J connectivity index is 1.56. The lowest BCUT2D eigenvalue weighted by atomic mass is 10.1. The van der Waals surface area contributed by atoms with Crippen molar-refractivity contribution in [2.24, 2.45) is 0 Å². The summed E-state index contributed by atoms with van der Waals surface area (Å²) in [5.41, 5.74) is 0.811. The van der Waals surface area contributed by atoms with Gasteiger partial charge in [-0.05, 0) is 43.5 Å². The molecule has 1 aliphatic rings. The van der Waals surface area contributed by atoms with E-state index in [1.807, 2.05) is 24.3 Å². The Labute approximate surface area is 147 Å². The Morgan fingerprint density at radius 1 is 1.24 bits per heavy atom. The van der Waals surface area contributed by atoms with Crippen LogP contribution >= 0.6 is 0 Å². The van der Waals surface area contributed by atoms with Gasteiger partial charge in [-0.2, -0.15) is 0 Å². The molecule has 1 saturated heterocycles. The smallest absolute Gasteiger partial charge is 0.261 e. The molecule has 6 heteroatoms. The van der Waals surface area contributed by atoms with Crippen LogP contribution in [0.25, 0.3) is 0 Å². The second kappa shape index (κ2) is 8.05. The second-order valence-electron chi connectivity index (χ2n) is 6.47. The Morgan fingerprint density at radius 2 is 2.00 bits per heavy atom. The standard InChI is InChI=1S/C19H24N2O4/c1-13(2)18-16(21-12-24-18)11-23-14-6-8-15(9-7-14)25-17-5-3-4-10-20-19(17)22/h6-9,12-13,17H,3-5,10-11H2,1-2H3,(H,20,22)/t17-/m1/s1. The molecule has 2 heterocycles. The minimum Gasteiger partial charge on any atom is -0.487 e. The molecule has 1 fully saturated rings. The summed E-state index contributed by atoms with van der Waals surface area (Å²) >= 11 is 0. The minimum atomic E-state index is -0.419. The fourth-order valence-corrected chi connectivity index (χ4v) is 2.81. The minimum absolute atomic E-state index is 0.0370. The summed E-state index contributed by atoms with van der Waals surface area (Å²) in [6.07, 6.45) is 3.76. The first kappa shape index (κ1) is 17.3. The van der Waals surface area contributed by atoms with Gasteiger partial charge in [-0.3, -0.25) is 4.79 Å². The van der Waals surface area contributed by atoms with E-state index < -0.39 is 6.10 Å². The average molecular weight is 344 g/mol. The van der Waals surface area contributed by atoms with Gasteiger partial charge < -0.3 is 19.2 Å². The van der Waals surface area contributed by atoms with E-state index in [1.54, 1.807) is 0 Å². The van der Waals surface area contributed by atoms with Crippen molar-refractivity contribution < 1.29 is 18.7 Å². The van der Waals surface area contributed by atoms with Crippen LogP contribution in [-0.4, -0.2) is 23.5 Å². The van der Waals surface area contributed by atoms with Crippen LogP contribution in [0.4, 0.5) is 0 Å². The van der Waals surface area contributed by atoms with Crippen LogP contribution in [0, 0.1) is 0 Å². The largest absolute Gasteiger partial charge is 0.487 e. The lowest BCUT2D eigenvalue weighted by Gasteiger charge is -2.16. The fourth-order valence-electron chi connectivity index (χ4n) is 2.81. The number of oxazole rings is 1. The highest BCUT2D eigenvalue weighted by atomic mass is 16.5. The van der Waals surface area contributed by atoms with Gasteiger partial charge in [0.1, 0.15) is 29.6 Å². The van der Waals surface area contributed by atoms with Gasteiger partial charge in [-0.15, -0.1) is 0 Å². The van der Waals surface area contributed by atoms with Crippen LogP contribution < -0.4 is 14.8 Å². The average Bonchev–Trinajstić information content (AvgIpc) is 2.99. The van der Waals surface area contributed by atoms with Gasteiger partial charge in [0, 0.05) is 12.5 Å². The van der Waals surface area contributed by atoms with Crippen molar-refractivity contribution in [3.05, 3.63) is 42.1 Å². The van der Waals surface area contributed by atoms with Crippen LogP contribution in [0.3, 0.4) is 0 Å². The third-order valence-electron chi connectivity index (χ3n) is 4.16. The topological polar surface area (TPSA) is 73.6 Å². The number of carbonyl (C=O) groups excluding carboxylic acids is 1. The Hall–Kier alpha value is -2.50. The molecule has 0 radical (unpaired) electrons. The molecule has 1 N–H and O–H groups in total. The number of amides is 1. The Bertz CT molecular complexity index is 694. The van der Waals surface area contributed by atoms with E-state index in [-0.39, 0.29) is 11.8 Å². The zero-order chi connectivity index (χ0) is 17.6. The molecule has 0 saturated carbocycles. The molecule has 1 aliphatic heterocycles. The van der Waals surface area contributed by atoms with Gasteiger partial charge >= 0.3 is 0 Å². The molecular formula is C19H24N2O4. The summed E-state index contributed by atoms with van der Waals surface area (Å²) in [5.74, 6) is 2.46. The molecule has 1 atom stereocenters. The van der Waals surface area contributed by atoms with E-state index in [4.69, 9.17) is 13.9 Å². The van der Waals surface area contributed by atoms with Gasteiger partial charge in [0.15, 0.2) is 12.5 Å². The van der Waals surface area contributed by atoms with E-state index in [0.717, 1.165) is 43.0 Å². The van der Waals surface area contributed by atoms with E-state index in [9.17, 15) is 4.79 Å². The molecule has 6 nitrogen and oxygen atoms in total. The molecular weight excluding hydrogens is 320 g/mol. The van der Waals surface area contributed by atoms with E-state index >= 15 is 0 Å². The third kappa shape index (κ3) is 4.53. The lowest BCUT2D eigenvalue weighted by Crippen LogP contribution is -2.36. The number of ether oxygens (including phenoxy) is 2.